The molecule has 0 aliphatic rings. The fourth-order valence-corrected chi connectivity index (χ4v) is 2.99. The molecule has 0 aliphatic heterocycles. The number of hydrogen-bond acceptors (Lipinski definition) is 5. The predicted octanol–water partition coefficient (Wildman–Crippen LogP) is 3.64. The van der Waals surface area contributed by atoms with Crippen LogP contribution in [0.1, 0.15) is 35.5 Å². The summed E-state index contributed by atoms with van der Waals surface area (Å²) in [5.74, 6) is 0. The first kappa shape index (κ1) is 11.5. The molecule has 86 valence electrons. The van der Waals surface area contributed by atoms with E-state index in [1.807, 2.05) is 18.5 Å². The fraction of sp³-hybridized carbons (Fsp3) is 0.455. The minimum absolute atomic E-state index is 0.232. The van der Waals surface area contributed by atoms with E-state index in [0.29, 0.717) is 0 Å². The van der Waals surface area contributed by atoms with Crippen molar-refractivity contribution in [3.8, 4) is 0 Å². The lowest BCUT2D eigenvalue weighted by atomic mass is 10.4. The van der Waals surface area contributed by atoms with E-state index in [-0.39, 0.29) is 6.04 Å². The number of nitrogens with zero attached hydrogens (tertiary/aromatic N) is 2. The molecule has 1 N–H and O–H groups in total. The summed E-state index contributed by atoms with van der Waals surface area (Å²) in [4.78, 5) is 10.1. The fourth-order valence-electron chi connectivity index (χ4n) is 1.35. The Balaban J connectivity index is 2.05. The van der Waals surface area contributed by atoms with Crippen LogP contribution in [-0.4, -0.2) is 9.97 Å². The second-order valence-electron chi connectivity index (χ2n) is 3.68. The van der Waals surface area contributed by atoms with Crippen LogP contribution in [-0.2, 0) is 6.42 Å². The van der Waals surface area contributed by atoms with Crippen molar-refractivity contribution in [1.82, 2.24) is 9.97 Å². The zero-order chi connectivity index (χ0) is 11.5. The Morgan fingerprint density at radius 3 is 2.88 bits per heavy atom. The Bertz CT molecular complexity index is 461. The van der Waals surface area contributed by atoms with E-state index in [0.717, 1.165) is 22.3 Å². The lowest BCUT2D eigenvalue weighted by molar-refractivity contribution is 0.865. The third-order valence-electron chi connectivity index (χ3n) is 2.25. The predicted molar refractivity (Wildman–Crippen MR) is 70.4 cm³/mol. The highest BCUT2D eigenvalue weighted by Crippen LogP contribution is 2.25. The third kappa shape index (κ3) is 2.59. The van der Waals surface area contributed by atoms with Gasteiger partial charge in [-0.1, -0.05) is 6.92 Å². The summed E-state index contributed by atoms with van der Waals surface area (Å²) in [6, 6.07) is 0.232. The van der Waals surface area contributed by atoms with Crippen LogP contribution in [0.4, 0.5) is 5.13 Å². The van der Waals surface area contributed by atoms with E-state index in [4.69, 9.17) is 0 Å². The van der Waals surface area contributed by atoms with Crippen molar-refractivity contribution in [3.63, 3.8) is 0 Å². The molecule has 0 amide bonds. The van der Waals surface area contributed by atoms with Gasteiger partial charge in [-0.15, -0.1) is 22.7 Å². The number of aryl methyl sites for hydroxylation is 2. The molecule has 0 radical (unpaired) electrons. The van der Waals surface area contributed by atoms with E-state index in [1.165, 1.54) is 4.88 Å². The Labute approximate surface area is 104 Å². The van der Waals surface area contributed by atoms with Crippen molar-refractivity contribution in [3.05, 3.63) is 27.2 Å². The van der Waals surface area contributed by atoms with Gasteiger partial charge in [-0.25, -0.2) is 9.97 Å². The molecule has 2 aromatic rings. The third-order valence-corrected chi connectivity index (χ3v) is 4.47. The number of rotatable bonds is 4. The van der Waals surface area contributed by atoms with Crippen LogP contribution in [0, 0.1) is 6.92 Å². The van der Waals surface area contributed by atoms with Gasteiger partial charge in [0.2, 0.25) is 0 Å². The average Bonchev–Trinajstić information content (AvgIpc) is 2.87. The number of nitrogens with one attached hydrogen (secondary N) is 1. The van der Waals surface area contributed by atoms with Crippen LogP contribution in [0.3, 0.4) is 0 Å². The van der Waals surface area contributed by atoms with Gasteiger partial charge in [0, 0.05) is 16.5 Å². The Morgan fingerprint density at radius 1 is 1.50 bits per heavy atom. The first-order valence-electron chi connectivity index (χ1n) is 5.32. The van der Waals surface area contributed by atoms with Crippen molar-refractivity contribution < 1.29 is 0 Å². The van der Waals surface area contributed by atoms with Crippen LogP contribution in [0.15, 0.2) is 11.6 Å². The Kier molecular flexibility index (Phi) is 3.56. The van der Waals surface area contributed by atoms with Crippen LogP contribution in [0.5, 0.6) is 0 Å². The lowest BCUT2D eigenvalue weighted by Gasteiger charge is -2.08. The van der Waals surface area contributed by atoms with Crippen LogP contribution >= 0.6 is 22.7 Å². The first-order valence-corrected chi connectivity index (χ1v) is 7.02. The van der Waals surface area contributed by atoms with E-state index in [2.05, 4.69) is 29.1 Å². The summed E-state index contributed by atoms with van der Waals surface area (Å²) in [7, 11) is 0. The molecule has 0 spiro atoms. The molecular weight excluding hydrogens is 238 g/mol. The maximum absolute atomic E-state index is 4.42. The SMILES string of the molecule is CCc1cnc(C(C)Nc2nc(C)cs2)s1. The Morgan fingerprint density at radius 2 is 2.31 bits per heavy atom. The molecule has 2 rings (SSSR count). The van der Waals surface area contributed by atoms with Gasteiger partial charge in [0.05, 0.1) is 11.7 Å². The molecule has 2 aromatic heterocycles. The number of aromatic nitrogens is 2. The van der Waals surface area contributed by atoms with E-state index < -0.39 is 0 Å². The molecular formula is C11H15N3S2. The zero-order valence-electron chi connectivity index (χ0n) is 9.65. The van der Waals surface area contributed by atoms with Crippen LogP contribution in [0.25, 0.3) is 0 Å². The average molecular weight is 253 g/mol. The highest BCUT2D eigenvalue weighted by molar-refractivity contribution is 7.13. The van der Waals surface area contributed by atoms with Crippen molar-refractivity contribution in [1.29, 1.82) is 0 Å². The summed E-state index contributed by atoms with van der Waals surface area (Å²) in [6.45, 7) is 6.28. The zero-order valence-corrected chi connectivity index (χ0v) is 11.3. The summed E-state index contributed by atoms with van der Waals surface area (Å²) >= 11 is 3.41. The Hall–Kier alpha value is -0.940. The second-order valence-corrected chi connectivity index (χ2v) is 5.68. The lowest BCUT2D eigenvalue weighted by Crippen LogP contribution is -2.05. The smallest absolute Gasteiger partial charge is 0.183 e. The number of hydrogen-bond donors (Lipinski definition) is 1. The molecule has 0 saturated carbocycles. The topological polar surface area (TPSA) is 37.8 Å². The first-order chi connectivity index (χ1) is 7.69. The van der Waals surface area contributed by atoms with Crippen molar-refractivity contribution in [2.24, 2.45) is 0 Å². The maximum Gasteiger partial charge on any atom is 0.183 e. The van der Waals surface area contributed by atoms with Crippen LogP contribution in [0.2, 0.25) is 0 Å². The van der Waals surface area contributed by atoms with Gasteiger partial charge in [0.1, 0.15) is 5.01 Å². The standard InChI is InChI=1S/C11H15N3S2/c1-4-9-5-12-10(16-9)8(3)14-11-13-7(2)6-15-11/h5-6,8H,4H2,1-3H3,(H,13,14). The van der Waals surface area contributed by atoms with E-state index in [1.54, 1.807) is 22.7 Å². The molecule has 3 nitrogen and oxygen atoms in total. The van der Waals surface area contributed by atoms with Gasteiger partial charge in [0.25, 0.3) is 0 Å². The normalized spacial score (nSPS) is 12.7. The number of thiazole rings is 2. The van der Waals surface area contributed by atoms with Crippen molar-refractivity contribution in [2.45, 2.75) is 33.2 Å². The molecule has 0 saturated heterocycles. The summed E-state index contributed by atoms with van der Waals surface area (Å²) < 4.78 is 0. The van der Waals surface area contributed by atoms with Gasteiger partial charge in [-0.3, -0.25) is 0 Å². The molecule has 16 heavy (non-hydrogen) atoms. The molecule has 1 unspecified atom stereocenters. The van der Waals surface area contributed by atoms with Gasteiger partial charge < -0.3 is 5.32 Å². The molecule has 0 aliphatic carbocycles. The van der Waals surface area contributed by atoms with Crippen LogP contribution < -0.4 is 5.32 Å². The molecule has 1 atom stereocenters. The highest BCUT2D eigenvalue weighted by atomic mass is 32.1. The molecule has 0 fully saturated rings. The van der Waals surface area contributed by atoms with Crippen molar-refractivity contribution >= 4 is 27.8 Å². The summed E-state index contributed by atoms with van der Waals surface area (Å²) in [6.07, 6.45) is 3.02. The monoisotopic (exact) mass is 253 g/mol. The minimum Gasteiger partial charge on any atom is -0.353 e. The van der Waals surface area contributed by atoms with E-state index >= 15 is 0 Å². The number of anilines is 1. The van der Waals surface area contributed by atoms with Gasteiger partial charge in [-0.05, 0) is 20.3 Å². The van der Waals surface area contributed by atoms with Gasteiger partial charge in [0.15, 0.2) is 5.13 Å². The quantitative estimate of drug-likeness (QED) is 0.904. The van der Waals surface area contributed by atoms with Gasteiger partial charge in [-0.2, -0.15) is 0 Å². The molecule has 0 aromatic carbocycles. The second kappa shape index (κ2) is 4.93. The van der Waals surface area contributed by atoms with E-state index in [9.17, 15) is 0 Å². The van der Waals surface area contributed by atoms with Gasteiger partial charge >= 0.3 is 0 Å². The molecule has 2 heterocycles. The molecule has 5 heteroatoms. The maximum atomic E-state index is 4.42. The largest absolute Gasteiger partial charge is 0.353 e. The minimum atomic E-state index is 0.232. The summed E-state index contributed by atoms with van der Waals surface area (Å²) in [5.41, 5.74) is 1.06. The van der Waals surface area contributed by atoms with Crippen molar-refractivity contribution in [2.75, 3.05) is 5.32 Å². The summed E-state index contributed by atoms with van der Waals surface area (Å²) in [5, 5.41) is 7.52. The highest BCUT2D eigenvalue weighted by Gasteiger charge is 2.11. The molecule has 0 bridgehead atoms.